The van der Waals surface area contributed by atoms with Crippen LogP contribution in [-0.2, 0) is 20.9 Å². The molecule has 5 rings (SSSR count). The van der Waals surface area contributed by atoms with E-state index in [4.69, 9.17) is 4.74 Å². The number of esters is 1. The van der Waals surface area contributed by atoms with Gasteiger partial charge in [0.1, 0.15) is 24.0 Å². The van der Waals surface area contributed by atoms with Gasteiger partial charge in [-0.1, -0.05) is 55.8 Å². The number of anilines is 1. The predicted octanol–water partition coefficient (Wildman–Crippen LogP) is 4.54. The topological polar surface area (TPSA) is 99.3 Å². The summed E-state index contributed by atoms with van der Waals surface area (Å²) in [7, 11) is 1.76. The number of benzene rings is 3. The Labute approximate surface area is 262 Å². The maximum atomic E-state index is 14.4. The summed E-state index contributed by atoms with van der Waals surface area (Å²) in [5.41, 5.74) is 1.90. The highest BCUT2D eigenvalue weighted by Crippen LogP contribution is 2.39. The van der Waals surface area contributed by atoms with Crippen LogP contribution in [0.1, 0.15) is 58.5 Å². The van der Waals surface area contributed by atoms with Crippen LogP contribution in [0.4, 0.5) is 10.1 Å². The monoisotopic (exact) mass is 614 g/mol. The largest absolute Gasteiger partial charge is 0.457 e. The standard InChI is InChI=1S/C35H39FN4O5/c1-23(2)30(37-31(41)28-20-24(3)10-15-29(28)36)32(42)39-18-16-35(17-19-39)34(44)38(4)22-40(35)27-13-11-26(12-14-27)33(43)45-21-25-8-6-5-7-9-25/h5-15,20,23,30H,16-19,21-22H2,1-4H3,(H,37,41)/t30-/m1/s1. The molecule has 0 saturated carbocycles. The zero-order chi connectivity index (χ0) is 32.3. The summed E-state index contributed by atoms with van der Waals surface area (Å²) in [5, 5.41) is 2.75. The first-order valence-corrected chi connectivity index (χ1v) is 15.2. The Morgan fingerprint density at radius 1 is 0.978 bits per heavy atom. The van der Waals surface area contributed by atoms with E-state index in [1.807, 2.05) is 61.2 Å². The van der Waals surface area contributed by atoms with Crippen LogP contribution in [0.15, 0.2) is 72.8 Å². The first-order chi connectivity index (χ1) is 21.5. The second-order valence-electron chi connectivity index (χ2n) is 12.2. The number of amides is 3. The molecule has 3 aromatic carbocycles. The highest BCUT2D eigenvalue weighted by molar-refractivity contribution is 5.98. The van der Waals surface area contributed by atoms with E-state index in [-0.39, 0.29) is 29.9 Å². The molecule has 0 aromatic heterocycles. The van der Waals surface area contributed by atoms with Crippen molar-refractivity contribution in [1.29, 1.82) is 0 Å². The molecule has 0 bridgehead atoms. The summed E-state index contributed by atoms with van der Waals surface area (Å²) in [6.07, 6.45) is 0.794. The van der Waals surface area contributed by atoms with Gasteiger partial charge < -0.3 is 24.8 Å². The first kappa shape index (κ1) is 31.7. The molecular formula is C35H39FN4O5. The number of halogens is 1. The van der Waals surface area contributed by atoms with Crippen molar-refractivity contribution in [3.63, 3.8) is 0 Å². The molecule has 236 valence electrons. The van der Waals surface area contributed by atoms with Crippen molar-refractivity contribution in [2.24, 2.45) is 5.92 Å². The van der Waals surface area contributed by atoms with Crippen LogP contribution in [0.5, 0.6) is 0 Å². The molecule has 2 heterocycles. The van der Waals surface area contributed by atoms with Crippen LogP contribution in [0.25, 0.3) is 0 Å². The summed E-state index contributed by atoms with van der Waals surface area (Å²) in [4.78, 5) is 58.2. The maximum absolute atomic E-state index is 14.4. The second-order valence-corrected chi connectivity index (χ2v) is 12.2. The number of likely N-dealkylation sites (tertiary alicyclic amines) is 1. The number of nitrogens with one attached hydrogen (secondary N) is 1. The molecule has 1 spiro atoms. The predicted molar refractivity (Wildman–Crippen MR) is 168 cm³/mol. The summed E-state index contributed by atoms with van der Waals surface area (Å²) < 4.78 is 19.8. The molecule has 0 unspecified atom stereocenters. The fourth-order valence-corrected chi connectivity index (χ4v) is 6.12. The van der Waals surface area contributed by atoms with Crippen molar-refractivity contribution in [1.82, 2.24) is 15.1 Å². The van der Waals surface area contributed by atoms with E-state index in [0.29, 0.717) is 38.2 Å². The second kappa shape index (κ2) is 13.1. The minimum Gasteiger partial charge on any atom is -0.457 e. The van der Waals surface area contributed by atoms with Crippen LogP contribution in [0, 0.1) is 18.7 Å². The number of ether oxygens (including phenoxy) is 1. The van der Waals surface area contributed by atoms with E-state index in [0.717, 1.165) is 16.8 Å². The Morgan fingerprint density at radius 2 is 1.64 bits per heavy atom. The minimum atomic E-state index is -0.848. The van der Waals surface area contributed by atoms with Crippen molar-refractivity contribution in [2.75, 3.05) is 31.7 Å². The third-order valence-corrected chi connectivity index (χ3v) is 8.73. The van der Waals surface area contributed by atoms with Crippen LogP contribution in [0.3, 0.4) is 0 Å². The van der Waals surface area contributed by atoms with Gasteiger partial charge in [0.05, 0.1) is 17.8 Å². The van der Waals surface area contributed by atoms with Crippen LogP contribution >= 0.6 is 0 Å². The Hall–Kier alpha value is -4.73. The summed E-state index contributed by atoms with van der Waals surface area (Å²) >= 11 is 0. The minimum absolute atomic E-state index is 0.0235. The molecule has 3 amide bonds. The highest BCUT2D eigenvalue weighted by atomic mass is 19.1. The van der Waals surface area contributed by atoms with E-state index in [1.54, 1.807) is 42.0 Å². The van der Waals surface area contributed by atoms with Gasteiger partial charge in [-0.2, -0.15) is 0 Å². The van der Waals surface area contributed by atoms with Crippen LogP contribution in [0.2, 0.25) is 0 Å². The number of nitrogens with zero attached hydrogens (tertiary/aromatic N) is 3. The fourth-order valence-electron chi connectivity index (χ4n) is 6.12. The van der Waals surface area contributed by atoms with E-state index in [2.05, 4.69) is 5.32 Å². The van der Waals surface area contributed by atoms with Gasteiger partial charge in [-0.05, 0) is 67.6 Å². The average Bonchev–Trinajstić information content (AvgIpc) is 3.28. The van der Waals surface area contributed by atoms with Gasteiger partial charge in [-0.25, -0.2) is 9.18 Å². The third kappa shape index (κ3) is 6.55. The van der Waals surface area contributed by atoms with Gasteiger partial charge in [-0.15, -0.1) is 0 Å². The molecule has 9 nitrogen and oxygen atoms in total. The van der Waals surface area contributed by atoms with Gasteiger partial charge >= 0.3 is 5.97 Å². The number of carbonyl (C=O) groups is 4. The summed E-state index contributed by atoms with van der Waals surface area (Å²) in [6, 6.07) is 19.9. The Kier molecular flexibility index (Phi) is 9.22. The zero-order valence-electron chi connectivity index (χ0n) is 26.1. The molecule has 0 aliphatic carbocycles. The summed E-state index contributed by atoms with van der Waals surface area (Å²) in [5.74, 6) is -2.23. The Balaban J connectivity index is 1.26. The van der Waals surface area contributed by atoms with Gasteiger partial charge in [0.15, 0.2) is 0 Å². The number of aryl methyl sites for hydroxylation is 1. The average molecular weight is 615 g/mol. The maximum Gasteiger partial charge on any atom is 0.338 e. The number of hydrogen-bond donors (Lipinski definition) is 1. The molecule has 1 N–H and O–H groups in total. The van der Waals surface area contributed by atoms with Crippen molar-refractivity contribution in [3.05, 3.63) is 101 Å². The van der Waals surface area contributed by atoms with E-state index < -0.39 is 29.3 Å². The van der Waals surface area contributed by atoms with E-state index in [9.17, 15) is 23.6 Å². The lowest BCUT2D eigenvalue weighted by Gasteiger charge is -2.44. The fraction of sp³-hybridized carbons (Fsp3) is 0.371. The van der Waals surface area contributed by atoms with Crippen molar-refractivity contribution >= 4 is 29.4 Å². The van der Waals surface area contributed by atoms with Crippen LogP contribution < -0.4 is 10.2 Å². The molecule has 2 fully saturated rings. The van der Waals surface area contributed by atoms with Crippen molar-refractivity contribution in [3.8, 4) is 0 Å². The Morgan fingerprint density at radius 3 is 2.29 bits per heavy atom. The lowest BCUT2D eigenvalue weighted by Crippen LogP contribution is -2.60. The lowest BCUT2D eigenvalue weighted by molar-refractivity contribution is -0.139. The number of rotatable bonds is 8. The lowest BCUT2D eigenvalue weighted by atomic mass is 9.85. The molecule has 10 heteroatoms. The molecular weight excluding hydrogens is 575 g/mol. The molecule has 2 aliphatic rings. The van der Waals surface area contributed by atoms with E-state index >= 15 is 0 Å². The van der Waals surface area contributed by atoms with Gasteiger partial charge in [0, 0.05) is 25.8 Å². The Bertz CT molecular complexity index is 1570. The van der Waals surface area contributed by atoms with Gasteiger partial charge in [0.25, 0.3) is 5.91 Å². The number of carbonyl (C=O) groups excluding carboxylic acids is 4. The number of hydrogen-bond acceptors (Lipinski definition) is 6. The smallest absolute Gasteiger partial charge is 0.338 e. The van der Waals surface area contributed by atoms with Crippen molar-refractivity contribution < 1.29 is 28.3 Å². The SMILES string of the molecule is Cc1ccc(F)c(C(=O)N[C@@H](C(=O)N2CCC3(CC2)C(=O)N(C)CN3c2ccc(C(=O)OCc3ccccc3)cc2)C(C)C)c1. The molecule has 2 aliphatic heterocycles. The van der Waals surface area contributed by atoms with E-state index in [1.165, 1.54) is 12.1 Å². The third-order valence-electron chi connectivity index (χ3n) is 8.73. The first-order valence-electron chi connectivity index (χ1n) is 15.2. The van der Waals surface area contributed by atoms with Gasteiger partial charge in [-0.3, -0.25) is 14.4 Å². The van der Waals surface area contributed by atoms with Crippen LogP contribution in [-0.4, -0.2) is 71.9 Å². The summed E-state index contributed by atoms with van der Waals surface area (Å²) in [6.45, 7) is 6.61. The quantitative estimate of drug-likeness (QED) is 0.374. The molecule has 1 atom stereocenters. The number of likely N-dealkylation sites (N-methyl/N-ethyl adjacent to an activating group) is 1. The van der Waals surface area contributed by atoms with Crippen molar-refractivity contribution in [2.45, 2.75) is 51.8 Å². The molecule has 2 saturated heterocycles. The zero-order valence-corrected chi connectivity index (χ0v) is 26.1. The molecule has 3 aromatic rings. The highest BCUT2D eigenvalue weighted by Gasteiger charge is 2.53. The van der Waals surface area contributed by atoms with Gasteiger partial charge in [0.2, 0.25) is 11.8 Å². The molecule has 45 heavy (non-hydrogen) atoms. The normalized spacial score (nSPS) is 16.7. The molecule has 0 radical (unpaired) electrons. The number of piperidine rings is 1.